The second-order valence-corrected chi connectivity index (χ2v) is 6.14. The molecule has 0 atom stereocenters. The second kappa shape index (κ2) is 7.19. The fourth-order valence-electron chi connectivity index (χ4n) is 2.92. The Morgan fingerprint density at radius 1 is 0.885 bits per heavy atom. The summed E-state index contributed by atoms with van der Waals surface area (Å²) in [7, 11) is 1.94. The molecule has 0 unspecified atom stereocenters. The van der Waals surface area contributed by atoms with Crippen LogP contribution in [0.5, 0.6) is 0 Å². The van der Waals surface area contributed by atoms with Gasteiger partial charge in [0.25, 0.3) is 0 Å². The molecule has 0 bridgehead atoms. The van der Waals surface area contributed by atoms with Crippen molar-refractivity contribution < 1.29 is 0 Å². The van der Waals surface area contributed by atoms with Gasteiger partial charge in [-0.1, -0.05) is 30.3 Å². The molecule has 0 aliphatic rings. The van der Waals surface area contributed by atoms with Crippen LogP contribution in [0.3, 0.4) is 0 Å². The zero-order valence-corrected chi connectivity index (χ0v) is 14.5. The lowest BCUT2D eigenvalue weighted by molar-refractivity contribution is 0.920. The SMILES string of the molecule is Cn1cnnc1-c1cccc(NCc2cccc(-c3ccncc3)c2)c1. The Kier molecular flexibility index (Phi) is 4.43. The average Bonchev–Trinajstić information content (AvgIpc) is 3.13. The number of benzene rings is 2. The number of nitrogens with one attached hydrogen (secondary N) is 1. The van der Waals surface area contributed by atoms with Crippen molar-refractivity contribution in [3.8, 4) is 22.5 Å². The molecule has 0 aliphatic carbocycles. The van der Waals surface area contributed by atoms with E-state index in [0.29, 0.717) is 0 Å². The van der Waals surface area contributed by atoms with Gasteiger partial charge in [0.15, 0.2) is 5.82 Å². The summed E-state index contributed by atoms with van der Waals surface area (Å²) in [5.74, 6) is 0.855. The Labute approximate surface area is 152 Å². The van der Waals surface area contributed by atoms with E-state index in [1.54, 1.807) is 6.33 Å². The van der Waals surface area contributed by atoms with Gasteiger partial charge in [-0.05, 0) is 47.0 Å². The van der Waals surface area contributed by atoms with Crippen LogP contribution in [0, 0.1) is 0 Å². The highest BCUT2D eigenvalue weighted by atomic mass is 15.2. The summed E-state index contributed by atoms with van der Waals surface area (Å²) >= 11 is 0. The van der Waals surface area contributed by atoms with Gasteiger partial charge in [0.05, 0.1) is 0 Å². The maximum atomic E-state index is 4.17. The molecule has 0 spiro atoms. The van der Waals surface area contributed by atoms with Crippen molar-refractivity contribution in [1.29, 1.82) is 0 Å². The van der Waals surface area contributed by atoms with Gasteiger partial charge in [-0.3, -0.25) is 4.98 Å². The molecular weight excluding hydrogens is 322 g/mol. The first kappa shape index (κ1) is 16.0. The van der Waals surface area contributed by atoms with E-state index in [2.05, 4.69) is 56.9 Å². The van der Waals surface area contributed by atoms with Crippen LogP contribution in [0.25, 0.3) is 22.5 Å². The van der Waals surface area contributed by atoms with Gasteiger partial charge >= 0.3 is 0 Å². The Morgan fingerprint density at radius 2 is 1.69 bits per heavy atom. The van der Waals surface area contributed by atoms with Crippen LogP contribution in [-0.4, -0.2) is 19.7 Å². The van der Waals surface area contributed by atoms with Gasteiger partial charge in [0.2, 0.25) is 0 Å². The van der Waals surface area contributed by atoms with Crippen molar-refractivity contribution in [3.05, 3.63) is 84.9 Å². The fourth-order valence-corrected chi connectivity index (χ4v) is 2.92. The molecule has 0 saturated heterocycles. The van der Waals surface area contributed by atoms with Crippen LogP contribution < -0.4 is 5.32 Å². The number of rotatable bonds is 5. The zero-order chi connectivity index (χ0) is 17.8. The second-order valence-electron chi connectivity index (χ2n) is 6.14. The summed E-state index contributed by atoms with van der Waals surface area (Å²) in [6.07, 6.45) is 5.34. The summed E-state index contributed by atoms with van der Waals surface area (Å²) in [6, 6.07) is 20.8. The minimum absolute atomic E-state index is 0.751. The van der Waals surface area contributed by atoms with Gasteiger partial charge in [0, 0.05) is 37.2 Å². The predicted molar refractivity (Wildman–Crippen MR) is 103 cm³/mol. The molecule has 5 nitrogen and oxygen atoms in total. The Balaban J connectivity index is 1.51. The van der Waals surface area contributed by atoms with E-state index in [1.807, 2.05) is 48.3 Å². The predicted octanol–water partition coefficient (Wildman–Crippen LogP) is 4.16. The number of aromatic nitrogens is 4. The highest BCUT2D eigenvalue weighted by Gasteiger charge is 2.05. The zero-order valence-electron chi connectivity index (χ0n) is 14.5. The van der Waals surface area contributed by atoms with Gasteiger partial charge < -0.3 is 9.88 Å². The number of pyridine rings is 1. The molecule has 0 saturated carbocycles. The van der Waals surface area contributed by atoms with Crippen molar-refractivity contribution in [2.45, 2.75) is 6.54 Å². The number of anilines is 1. The molecular formula is C21H19N5. The lowest BCUT2D eigenvalue weighted by Gasteiger charge is -2.10. The first-order chi connectivity index (χ1) is 12.8. The number of hydrogen-bond donors (Lipinski definition) is 1. The molecule has 26 heavy (non-hydrogen) atoms. The van der Waals surface area contributed by atoms with Crippen molar-refractivity contribution in [2.75, 3.05) is 5.32 Å². The van der Waals surface area contributed by atoms with E-state index in [4.69, 9.17) is 0 Å². The molecule has 4 aromatic rings. The van der Waals surface area contributed by atoms with Crippen molar-refractivity contribution in [2.24, 2.45) is 7.05 Å². The molecule has 2 aromatic heterocycles. The van der Waals surface area contributed by atoms with E-state index in [-0.39, 0.29) is 0 Å². The molecule has 0 amide bonds. The first-order valence-corrected chi connectivity index (χ1v) is 8.47. The first-order valence-electron chi connectivity index (χ1n) is 8.47. The summed E-state index contributed by atoms with van der Waals surface area (Å²) in [4.78, 5) is 4.08. The van der Waals surface area contributed by atoms with E-state index >= 15 is 0 Å². The lowest BCUT2D eigenvalue weighted by Crippen LogP contribution is -2.00. The summed E-state index contributed by atoms with van der Waals surface area (Å²) in [6.45, 7) is 0.751. The van der Waals surface area contributed by atoms with Gasteiger partial charge in [-0.25, -0.2) is 0 Å². The molecule has 4 rings (SSSR count). The third-order valence-corrected chi connectivity index (χ3v) is 4.27. The third-order valence-electron chi connectivity index (χ3n) is 4.27. The largest absolute Gasteiger partial charge is 0.381 e. The van der Waals surface area contributed by atoms with Crippen LogP contribution in [-0.2, 0) is 13.6 Å². The normalized spacial score (nSPS) is 10.7. The van der Waals surface area contributed by atoms with Crippen LogP contribution in [0.1, 0.15) is 5.56 Å². The van der Waals surface area contributed by atoms with Crippen LogP contribution in [0.15, 0.2) is 79.4 Å². The number of hydrogen-bond acceptors (Lipinski definition) is 4. The smallest absolute Gasteiger partial charge is 0.163 e. The summed E-state index contributed by atoms with van der Waals surface area (Å²) in [5.41, 5.74) is 5.69. The minimum Gasteiger partial charge on any atom is -0.381 e. The van der Waals surface area contributed by atoms with E-state index in [1.165, 1.54) is 16.7 Å². The fraction of sp³-hybridized carbons (Fsp3) is 0.0952. The molecule has 1 N–H and O–H groups in total. The lowest BCUT2D eigenvalue weighted by atomic mass is 10.0. The standard InChI is InChI=1S/C21H19N5/c1-26-15-24-25-21(26)19-6-3-7-20(13-19)23-14-16-4-2-5-18(12-16)17-8-10-22-11-9-17/h2-13,15,23H,14H2,1H3. The van der Waals surface area contributed by atoms with E-state index < -0.39 is 0 Å². The molecule has 2 aromatic carbocycles. The quantitative estimate of drug-likeness (QED) is 0.592. The van der Waals surface area contributed by atoms with Gasteiger partial charge in [-0.15, -0.1) is 10.2 Å². The molecule has 0 fully saturated rings. The minimum atomic E-state index is 0.751. The molecule has 0 radical (unpaired) electrons. The maximum absolute atomic E-state index is 4.17. The number of nitrogens with zero attached hydrogens (tertiary/aromatic N) is 4. The van der Waals surface area contributed by atoms with E-state index in [0.717, 1.165) is 23.6 Å². The Hall–Kier alpha value is -3.47. The Bertz CT molecular complexity index is 1010. The van der Waals surface area contributed by atoms with Gasteiger partial charge in [-0.2, -0.15) is 0 Å². The van der Waals surface area contributed by atoms with E-state index in [9.17, 15) is 0 Å². The highest BCUT2D eigenvalue weighted by Crippen LogP contribution is 2.22. The highest BCUT2D eigenvalue weighted by molar-refractivity contribution is 5.64. The van der Waals surface area contributed by atoms with Crippen molar-refractivity contribution in [3.63, 3.8) is 0 Å². The van der Waals surface area contributed by atoms with Crippen LogP contribution >= 0.6 is 0 Å². The number of aryl methyl sites for hydroxylation is 1. The van der Waals surface area contributed by atoms with Crippen molar-refractivity contribution in [1.82, 2.24) is 19.7 Å². The monoisotopic (exact) mass is 341 g/mol. The topological polar surface area (TPSA) is 55.6 Å². The molecule has 5 heteroatoms. The van der Waals surface area contributed by atoms with Gasteiger partial charge in [0.1, 0.15) is 6.33 Å². The Morgan fingerprint density at radius 3 is 2.50 bits per heavy atom. The summed E-state index contributed by atoms with van der Waals surface area (Å²) < 4.78 is 1.91. The summed E-state index contributed by atoms with van der Waals surface area (Å²) in [5, 5.41) is 11.6. The molecule has 128 valence electrons. The van der Waals surface area contributed by atoms with Crippen LogP contribution in [0.4, 0.5) is 5.69 Å². The van der Waals surface area contributed by atoms with Crippen molar-refractivity contribution >= 4 is 5.69 Å². The average molecular weight is 341 g/mol. The third kappa shape index (κ3) is 3.47. The maximum Gasteiger partial charge on any atom is 0.163 e. The van der Waals surface area contributed by atoms with Crippen LogP contribution in [0.2, 0.25) is 0 Å². The molecule has 0 aliphatic heterocycles. The molecule has 2 heterocycles.